The molecule has 1 N–H and O–H groups in total. The third-order valence-electron chi connectivity index (χ3n) is 3.64. The SMILES string of the molecule is CCOC(=O)C1(C(=O)OCC)NC(=O)CC1CCC=C(C)C. The van der Waals surface area contributed by atoms with Crippen LogP contribution in [0.1, 0.15) is 47.0 Å². The quantitative estimate of drug-likeness (QED) is 0.440. The zero-order valence-corrected chi connectivity index (χ0v) is 13.7. The Balaban J connectivity index is 3.07. The van der Waals surface area contributed by atoms with Crippen molar-refractivity contribution in [1.29, 1.82) is 0 Å². The second-order valence-corrected chi connectivity index (χ2v) is 5.56. The average Bonchev–Trinajstić information content (AvgIpc) is 2.77. The number of nitrogens with one attached hydrogen (secondary N) is 1. The maximum atomic E-state index is 12.4. The number of ether oxygens (including phenoxy) is 2. The van der Waals surface area contributed by atoms with Gasteiger partial charge in [-0.3, -0.25) is 4.79 Å². The molecule has 1 rings (SSSR count). The molecule has 22 heavy (non-hydrogen) atoms. The van der Waals surface area contributed by atoms with Gasteiger partial charge in [0.05, 0.1) is 13.2 Å². The summed E-state index contributed by atoms with van der Waals surface area (Å²) in [6, 6.07) is 0. The molecule has 0 radical (unpaired) electrons. The van der Waals surface area contributed by atoms with Crippen molar-refractivity contribution in [2.24, 2.45) is 5.92 Å². The van der Waals surface area contributed by atoms with E-state index < -0.39 is 23.4 Å². The van der Waals surface area contributed by atoms with Gasteiger partial charge in [-0.25, -0.2) is 9.59 Å². The van der Waals surface area contributed by atoms with E-state index in [4.69, 9.17) is 9.47 Å². The molecular formula is C16H25NO5. The van der Waals surface area contributed by atoms with Crippen LogP contribution in [0.15, 0.2) is 11.6 Å². The summed E-state index contributed by atoms with van der Waals surface area (Å²) in [5, 5.41) is 2.52. The molecule has 124 valence electrons. The van der Waals surface area contributed by atoms with E-state index in [0.717, 1.165) is 5.57 Å². The van der Waals surface area contributed by atoms with Gasteiger partial charge in [0.25, 0.3) is 0 Å². The van der Waals surface area contributed by atoms with E-state index in [1.807, 2.05) is 19.9 Å². The fourth-order valence-corrected chi connectivity index (χ4v) is 2.65. The minimum absolute atomic E-state index is 0.119. The lowest BCUT2D eigenvalue weighted by Crippen LogP contribution is -2.60. The minimum atomic E-state index is -1.71. The molecule has 0 aromatic rings. The monoisotopic (exact) mass is 311 g/mol. The molecular weight excluding hydrogens is 286 g/mol. The highest BCUT2D eigenvalue weighted by molar-refractivity contribution is 6.10. The van der Waals surface area contributed by atoms with E-state index >= 15 is 0 Å². The predicted octanol–water partition coefficient (Wildman–Crippen LogP) is 1.73. The minimum Gasteiger partial charge on any atom is -0.464 e. The Hall–Kier alpha value is -1.85. The third kappa shape index (κ3) is 3.87. The van der Waals surface area contributed by atoms with E-state index in [9.17, 15) is 14.4 Å². The van der Waals surface area contributed by atoms with Gasteiger partial charge >= 0.3 is 11.9 Å². The van der Waals surface area contributed by atoms with Crippen LogP contribution in [0.4, 0.5) is 0 Å². The second kappa shape index (κ2) is 7.96. The summed E-state index contributed by atoms with van der Waals surface area (Å²) in [7, 11) is 0. The second-order valence-electron chi connectivity index (χ2n) is 5.56. The van der Waals surface area contributed by atoms with Gasteiger partial charge in [-0.05, 0) is 40.5 Å². The van der Waals surface area contributed by atoms with Crippen LogP contribution in [0.2, 0.25) is 0 Å². The van der Waals surface area contributed by atoms with Gasteiger partial charge in [-0.2, -0.15) is 0 Å². The van der Waals surface area contributed by atoms with Gasteiger partial charge < -0.3 is 14.8 Å². The molecule has 0 aromatic heterocycles. The number of rotatable bonds is 7. The number of hydrogen-bond acceptors (Lipinski definition) is 5. The van der Waals surface area contributed by atoms with Gasteiger partial charge in [0.1, 0.15) is 0 Å². The molecule has 1 aliphatic heterocycles. The van der Waals surface area contributed by atoms with Crippen LogP contribution in [0.25, 0.3) is 0 Å². The summed E-state index contributed by atoms with van der Waals surface area (Å²) in [6.45, 7) is 7.54. The molecule has 6 heteroatoms. The van der Waals surface area contributed by atoms with Crippen molar-refractivity contribution in [3.63, 3.8) is 0 Å². The van der Waals surface area contributed by atoms with Crippen LogP contribution in [-0.2, 0) is 23.9 Å². The first-order valence-corrected chi connectivity index (χ1v) is 7.67. The number of carbonyl (C=O) groups is 3. The van der Waals surface area contributed by atoms with Crippen molar-refractivity contribution >= 4 is 17.8 Å². The maximum Gasteiger partial charge on any atom is 0.344 e. The lowest BCUT2D eigenvalue weighted by atomic mass is 9.82. The Morgan fingerprint density at radius 3 is 2.23 bits per heavy atom. The summed E-state index contributed by atoms with van der Waals surface area (Å²) >= 11 is 0. The van der Waals surface area contributed by atoms with Crippen molar-refractivity contribution in [2.75, 3.05) is 13.2 Å². The summed E-state index contributed by atoms with van der Waals surface area (Å²) in [6.07, 6.45) is 3.35. The van der Waals surface area contributed by atoms with Gasteiger partial charge in [0, 0.05) is 12.3 Å². The fraction of sp³-hybridized carbons (Fsp3) is 0.688. The number of carbonyl (C=O) groups excluding carboxylic acids is 3. The van der Waals surface area contributed by atoms with Gasteiger partial charge in [-0.15, -0.1) is 0 Å². The summed E-state index contributed by atoms with van der Waals surface area (Å²) in [5.41, 5.74) is -0.561. The predicted molar refractivity (Wildman–Crippen MR) is 80.9 cm³/mol. The normalized spacial score (nSPS) is 19.3. The van der Waals surface area contributed by atoms with Crippen molar-refractivity contribution in [3.05, 3.63) is 11.6 Å². The molecule has 0 saturated carbocycles. The van der Waals surface area contributed by atoms with E-state index in [1.54, 1.807) is 13.8 Å². The zero-order chi connectivity index (χ0) is 16.8. The Morgan fingerprint density at radius 2 is 1.77 bits per heavy atom. The first-order valence-electron chi connectivity index (χ1n) is 7.67. The van der Waals surface area contributed by atoms with Gasteiger partial charge in [0.2, 0.25) is 11.4 Å². The smallest absolute Gasteiger partial charge is 0.344 e. The van der Waals surface area contributed by atoms with Crippen LogP contribution < -0.4 is 5.32 Å². The Morgan fingerprint density at radius 1 is 1.23 bits per heavy atom. The van der Waals surface area contributed by atoms with E-state index in [1.165, 1.54) is 0 Å². The highest BCUT2D eigenvalue weighted by Gasteiger charge is 2.60. The molecule has 1 fully saturated rings. The topological polar surface area (TPSA) is 81.7 Å². The number of amides is 1. The molecule has 6 nitrogen and oxygen atoms in total. The highest BCUT2D eigenvalue weighted by Crippen LogP contribution is 2.34. The van der Waals surface area contributed by atoms with Crippen LogP contribution in [0, 0.1) is 5.92 Å². The standard InChI is InChI=1S/C16H25NO5/c1-5-21-14(19)16(15(20)22-6-2)12(10-13(18)17-16)9-7-8-11(3)4/h8,12H,5-7,9-10H2,1-4H3,(H,17,18). The van der Waals surface area contributed by atoms with Gasteiger partial charge in [0.15, 0.2) is 0 Å². The molecule has 0 spiro atoms. The summed E-state index contributed by atoms with van der Waals surface area (Å²) < 4.78 is 10.1. The van der Waals surface area contributed by atoms with Gasteiger partial charge in [-0.1, -0.05) is 11.6 Å². The molecule has 0 aromatic carbocycles. The average molecular weight is 311 g/mol. The molecule has 1 atom stereocenters. The molecule has 1 unspecified atom stereocenters. The summed E-state index contributed by atoms with van der Waals surface area (Å²) in [5.74, 6) is -2.26. The lowest BCUT2D eigenvalue weighted by molar-refractivity contribution is -0.168. The number of esters is 2. The van der Waals surface area contributed by atoms with Crippen molar-refractivity contribution < 1.29 is 23.9 Å². The third-order valence-corrected chi connectivity index (χ3v) is 3.64. The zero-order valence-electron chi connectivity index (χ0n) is 13.7. The van der Waals surface area contributed by atoms with Crippen LogP contribution >= 0.6 is 0 Å². The first-order chi connectivity index (χ1) is 10.4. The molecule has 0 bridgehead atoms. The van der Waals surface area contributed by atoms with Crippen LogP contribution in [-0.4, -0.2) is 36.6 Å². The Labute approximate surface area is 131 Å². The molecule has 1 heterocycles. The highest BCUT2D eigenvalue weighted by atomic mass is 16.6. The lowest BCUT2D eigenvalue weighted by Gasteiger charge is -2.30. The fourth-order valence-electron chi connectivity index (χ4n) is 2.65. The van der Waals surface area contributed by atoms with Crippen molar-refractivity contribution in [3.8, 4) is 0 Å². The Kier molecular flexibility index (Phi) is 6.59. The van der Waals surface area contributed by atoms with Crippen LogP contribution in [0.3, 0.4) is 0 Å². The molecule has 1 amide bonds. The van der Waals surface area contributed by atoms with E-state index in [2.05, 4.69) is 5.32 Å². The first kappa shape index (κ1) is 18.2. The van der Waals surface area contributed by atoms with E-state index in [0.29, 0.717) is 12.8 Å². The summed E-state index contributed by atoms with van der Waals surface area (Å²) in [4.78, 5) is 36.6. The van der Waals surface area contributed by atoms with Crippen LogP contribution in [0.5, 0.6) is 0 Å². The van der Waals surface area contributed by atoms with Crippen molar-refractivity contribution in [2.45, 2.75) is 52.5 Å². The maximum absolute atomic E-state index is 12.4. The molecule has 1 aliphatic rings. The molecule has 0 aliphatic carbocycles. The van der Waals surface area contributed by atoms with E-state index in [-0.39, 0.29) is 25.5 Å². The number of hydrogen-bond donors (Lipinski definition) is 1. The Bertz CT molecular complexity index is 447. The number of allylic oxidation sites excluding steroid dienone is 2. The van der Waals surface area contributed by atoms with Crippen molar-refractivity contribution in [1.82, 2.24) is 5.32 Å². The largest absolute Gasteiger partial charge is 0.464 e. The molecule has 1 saturated heterocycles.